The van der Waals surface area contributed by atoms with Crippen LogP contribution < -0.4 is 10.2 Å². The Hall–Kier alpha value is -2.49. The number of rotatable bonds is 3. The maximum Gasteiger partial charge on any atom is 0.233 e. The number of pyridine rings is 1. The molecule has 1 N–H and O–H groups in total. The summed E-state index contributed by atoms with van der Waals surface area (Å²) in [5.74, 6) is 0.427. The van der Waals surface area contributed by atoms with Crippen LogP contribution in [0.2, 0.25) is 0 Å². The Labute approximate surface area is 129 Å². The van der Waals surface area contributed by atoms with Gasteiger partial charge in [0.2, 0.25) is 5.43 Å². The first kappa shape index (κ1) is 14.4. The highest BCUT2D eigenvalue weighted by atomic mass is 16.5. The van der Waals surface area contributed by atoms with Gasteiger partial charge in [0.1, 0.15) is 5.65 Å². The largest absolute Gasteiger partial charge is 0.491 e. The van der Waals surface area contributed by atoms with Crippen molar-refractivity contribution in [2.45, 2.75) is 27.3 Å². The molecule has 0 saturated heterocycles. The van der Waals surface area contributed by atoms with Gasteiger partial charge < -0.3 is 14.3 Å². The molecule has 0 fully saturated rings. The Morgan fingerprint density at radius 3 is 2.45 bits per heavy atom. The van der Waals surface area contributed by atoms with Crippen molar-refractivity contribution >= 4 is 11.0 Å². The molecule has 0 aliphatic carbocycles. The van der Waals surface area contributed by atoms with E-state index in [9.17, 15) is 4.79 Å². The van der Waals surface area contributed by atoms with Crippen molar-refractivity contribution < 1.29 is 4.74 Å². The van der Waals surface area contributed by atoms with Gasteiger partial charge in [-0.2, -0.15) is 0 Å². The van der Waals surface area contributed by atoms with Crippen LogP contribution in [-0.4, -0.2) is 16.7 Å². The second kappa shape index (κ2) is 5.37. The first-order chi connectivity index (χ1) is 10.6. The maximum absolute atomic E-state index is 12.8. The molecule has 0 aliphatic heterocycles. The number of fused-ring (bicyclic) bond motifs is 1. The van der Waals surface area contributed by atoms with Crippen molar-refractivity contribution in [3.63, 3.8) is 0 Å². The number of methoxy groups -OCH3 is 1. The number of aromatic nitrogens is 2. The van der Waals surface area contributed by atoms with E-state index in [-0.39, 0.29) is 5.43 Å². The van der Waals surface area contributed by atoms with Gasteiger partial charge in [0.25, 0.3) is 0 Å². The lowest BCUT2D eigenvalue weighted by Crippen LogP contribution is -2.15. The summed E-state index contributed by atoms with van der Waals surface area (Å²) in [6, 6.07) is 10.1. The van der Waals surface area contributed by atoms with Crippen LogP contribution in [0.1, 0.15) is 18.2 Å². The topological polar surface area (TPSA) is 47.0 Å². The lowest BCUT2D eigenvalue weighted by molar-refractivity contribution is 0.402. The Bertz CT molecular complexity index is 889. The monoisotopic (exact) mass is 296 g/mol. The normalized spacial score (nSPS) is 11.1. The van der Waals surface area contributed by atoms with Crippen molar-refractivity contribution in [2.75, 3.05) is 7.11 Å². The SMILES string of the molecule is CCn1c(C)c(OC)c(=O)c2c(C)c(-c3ccccc3)[nH]c21. The number of ether oxygens (including phenoxy) is 1. The number of H-pyrrole nitrogens is 1. The van der Waals surface area contributed by atoms with E-state index in [1.54, 1.807) is 7.11 Å². The highest BCUT2D eigenvalue weighted by molar-refractivity contribution is 5.89. The zero-order valence-electron chi connectivity index (χ0n) is 13.4. The molecule has 0 saturated carbocycles. The third kappa shape index (κ3) is 1.95. The second-order valence-corrected chi connectivity index (χ2v) is 5.41. The van der Waals surface area contributed by atoms with Gasteiger partial charge >= 0.3 is 0 Å². The van der Waals surface area contributed by atoms with Crippen molar-refractivity contribution in [1.29, 1.82) is 0 Å². The standard InChI is InChI=1S/C18H20N2O2/c1-5-20-12(3)17(22-4)16(21)14-11(2)15(19-18(14)20)13-9-7-6-8-10-13/h6-10,19H,5H2,1-4H3. The number of aromatic amines is 1. The first-order valence-corrected chi connectivity index (χ1v) is 7.45. The third-order valence-electron chi connectivity index (χ3n) is 4.25. The van der Waals surface area contributed by atoms with Crippen LogP contribution >= 0.6 is 0 Å². The fraction of sp³-hybridized carbons (Fsp3) is 0.278. The van der Waals surface area contributed by atoms with Crippen LogP contribution in [0.3, 0.4) is 0 Å². The van der Waals surface area contributed by atoms with Crippen LogP contribution in [0.25, 0.3) is 22.3 Å². The molecule has 0 unspecified atom stereocenters. The molecule has 4 heteroatoms. The molecule has 0 atom stereocenters. The second-order valence-electron chi connectivity index (χ2n) is 5.41. The maximum atomic E-state index is 12.8. The van der Waals surface area contributed by atoms with E-state index < -0.39 is 0 Å². The lowest BCUT2D eigenvalue weighted by atomic mass is 10.1. The molecule has 22 heavy (non-hydrogen) atoms. The summed E-state index contributed by atoms with van der Waals surface area (Å²) < 4.78 is 7.44. The Morgan fingerprint density at radius 1 is 1.18 bits per heavy atom. The van der Waals surface area contributed by atoms with E-state index in [4.69, 9.17) is 4.74 Å². The summed E-state index contributed by atoms with van der Waals surface area (Å²) in [6.07, 6.45) is 0. The van der Waals surface area contributed by atoms with Crippen molar-refractivity contribution in [2.24, 2.45) is 0 Å². The molecule has 1 aromatic carbocycles. The number of hydrogen-bond donors (Lipinski definition) is 1. The quantitative estimate of drug-likeness (QED) is 0.802. The third-order valence-corrected chi connectivity index (χ3v) is 4.25. The highest BCUT2D eigenvalue weighted by Gasteiger charge is 2.20. The zero-order valence-corrected chi connectivity index (χ0v) is 13.4. The van der Waals surface area contributed by atoms with Crippen LogP contribution in [-0.2, 0) is 6.54 Å². The molecule has 0 bridgehead atoms. The van der Waals surface area contributed by atoms with Gasteiger partial charge in [0, 0.05) is 6.54 Å². The van der Waals surface area contributed by atoms with Crippen molar-refractivity contribution in [1.82, 2.24) is 9.55 Å². The molecule has 0 aliphatic rings. The molecule has 3 aromatic rings. The molecule has 0 spiro atoms. The summed E-state index contributed by atoms with van der Waals surface area (Å²) in [6.45, 7) is 6.74. The van der Waals surface area contributed by atoms with Crippen LogP contribution in [0.15, 0.2) is 35.1 Å². The van der Waals surface area contributed by atoms with Crippen LogP contribution in [0.4, 0.5) is 0 Å². The number of benzene rings is 1. The van der Waals surface area contributed by atoms with Crippen molar-refractivity contribution in [3.05, 3.63) is 51.8 Å². The van der Waals surface area contributed by atoms with Gasteiger partial charge in [-0.15, -0.1) is 0 Å². The molecular formula is C18H20N2O2. The van der Waals surface area contributed by atoms with E-state index >= 15 is 0 Å². The first-order valence-electron chi connectivity index (χ1n) is 7.45. The summed E-state index contributed by atoms with van der Waals surface area (Å²) in [5.41, 5.74) is 4.70. The predicted octanol–water partition coefficient (Wildman–Crippen LogP) is 3.64. The molecule has 3 rings (SSSR count). The molecule has 0 amide bonds. The van der Waals surface area contributed by atoms with E-state index in [2.05, 4.69) is 16.5 Å². The van der Waals surface area contributed by atoms with Gasteiger partial charge in [-0.05, 0) is 31.9 Å². The van der Waals surface area contributed by atoms with Gasteiger partial charge in [-0.3, -0.25) is 4.79 Å². The van der Waals surface area contributed by atoms with Gasteiger partial charge in [-0.25, -0.2) is 0 Å². The highest BCUT2D eigenvalue weighted by Crippen LogP contribution is 2.30. The van der Waals surface area contributed by atoms with Gasteiger partial charge in [-0.1, -0.05) is 30.3 Å². The number of nitrogens with one attached hydrogen (secondary N) is 1. The fourth-order valence-electron chi connectivity index (χ4n) is 3.15. The summed E-state index contributed by atoms with van der Waals surface area (Å²) >= 11 is 0. The molecule has 2 heterocycles. The summed E-state index contributed by atoms with van der Waals surface area (Å²) in [7, 11) is 1.55. The van der Waals surface area contributed by atoms with Crippen LogP contribution in [0.5, 0.6) is 5.75 Å². The number of hydrogen-bond acceptors (Lipinski definition) is 2. The molecule has 2 aromatic heterocycles. The molecule has 4 nitrogen and oxygen atoms in total. The van der Waals surface area contributed by atoms with E-state index in [1.165, 1.54) is 0 Å². The smallest absolute Gasteiger partial charge is 0.233 e. The Kier molecular flexibility index (Phi) is 3.53. The minimum atomic E-state index is -0.0457. The van der Waals surface area contributed by atoms with Crippen LogP contribution in [0, 0.1) is 13.8 Å². The lowest BCUT2D eigenvalue weighted by Gasteiger charge is -2.13. The molecule has 0 radical (unpaired) electrons. The average molecular weight is 296 g/mol. The average Bonchev–Trinajstić information content (AvgIpc) is 2.87. The zero-order chi connectivity index (χ0) is 15.9. The Balaban J connectivity index is 2.45. The summed E-state index contributed by atoms with van der Waals surface area (Å²) in [4.78, 5) is 16.2. The summed E-state index contributed by atoms with van der Waals surface area (Å²) in [5, 5.41) is 0.711. The van der Waals surface area contributed by atoms with E-state index in [1.807, 2.05) is 44.2 Å². The molecule has 114 valence electrons. The predicted molar refractivity (Wildman–Crippen MR) is 89.7 cm³/mol. The van der Waals surface area contributed by atoms with Crippen molar-refractivity contribution in [3.8, 4) is 17.0 Å². The fourth-order valence-corrected chi connectivity index (χ4v) is 3.15. The van der Waals surface area contributed by atoms with Gasteiger partial charge in [0.15, 0.2) is 5.75 Å². The molecular weight excluding hydrogens is 276 g/mol. The minimum Gasteiger partial charge on any atom is -0.491 e. The van der Waals surface area contributed by atoms with E-state index in [0.717, 1.165) is 34.7 Å². The minimum absolute atomic E-state index is 0.0457. The Morgan fingerprint density at radius 2 is 1.86 bits per heavy atom. The number of nitrogens with zero attached hydrogens (tertiary/aromatic N) is 1. The van der Waals surface area contributed by atoms with E-state index in [0.29, 0.717) is 11.1 Å². The number of aryl methyl sites for hydroxylation is 2. The van der Waals surface area contributed by atoms with Gasteiger partial charge in [0.05, 0.1) is 23.9 Å².